The van der Waals surface area contributed by atoms with Crippen molar-refractivity contribution in [3.8, 4) is 0 Å². The molecular weight excluding hydrogens is 210 g/mol. The van der Waals surface area contributed by atoms with Crippen LogP contribution in [0, 0.1) is 5.41 Å². The third-order valence-corrected chi connectivity index (χ3v) is 3.19. The molecule has 1 aliphatic carbocycles. The maximum Gasteiger partial charge on any atom is 0.236 e. The minimum absolute atomic E-state index is 0.0213. The Labute approximate surface area is 95.0 Å². The predicted molar refractivity (Wildman–Crippen MR) is 59.2 cm³/mol. The van der Waals surface area contributed by atoms with Crippen LogP contribution in [0.2, 0.25) is 0 Å². The third kappa shape index (κ3) is 2.11. The molecular formula is C10H19N3O3. The first-order valence-corrected chi connectivity index (χ1v) is 5.31. The van der Waals surface area contributed by atoms with Crippen molar-refractivity contribution >= 4 is 11.7 Å². The highest BCUT2D eigenvalue weighted by Crippen LogP contribution is 2.42. The van der Waals surface area contributed by atoms with Gasteiger partial charge in [-0.3, -0.25) is 4.79 Å². The van der Waals surface area contributed by atoms with Crippen LogP contribution in [-0.4, -0.2) is 49.2 Å². The molecule has 6 heteroatoms. The minimum atomic E-state index is -0.781. The van der Waals surface area contributed by atoms with E-state index in [0.29, 0.717) is 26.0 Å². The van der Waals surface area contributed by atoms with Gasteiger partial charge in [0.25, 0.3) is 0 Å². The molecule has 3 N–H and O–H groups in total. The molecule has 0 heterocycles. The molecule has 92 valence electrons. The fourth-order valence-electron chi connectivity index (χ4n) is 1.90. The van der Waals surface area contributed by atoms with Crippen LogP contribution in [0.1, 0.15) is 19.3 Å². The summed E-state index contributed by atoms with van der Waals surface area (Å²) < 4.78 is 4.91. The van der Waals surface area contributed by atoms with Gasteiger partial charge in [0.15, 0.2) is 5.84 Å². The summed E-state index contributed by atoms with van der Waals surface area (Å²) in [6.07, 6.45) is 2.23. The second kappa shape index (κ2) is 5.16. The maximum absolute atomic E-state index is 12.2. The first-order chi connectivity index (χ1) is 7.58. The molecule has 1 saturated carbocycles. The summed E-state index contributed by atoms with van der Waals surface area (Å²) in [7, 11) is 3.28. The van der Waals surface area contributed by atoms with Gasteiger partial charge in [-0.05, 0) is 12.8 Å². The van der Waals surface area contributed by atoms with Crippen LogP contribution in [0.25, 0.3) is 0 Å². The van der Waals surface area contributed by atoms with E-state index in [1.165, 1.54) is 0 Å². The summed E-state index contributed by atoms with van der Waals surface area (Å²) >= 11 is 0. The molecule has 0 unspecified atom stereocenters. The fraction of sp³-hybridized carbons (Fsp3) is 0.800. The van der Waals surface area contributed by atoms with Crippen molar-refractivity contribution in [2.45, 2.75) is 19.3 Å². The molecule has 1 rings (SSSR count). The van der Waals surface area contributed by atoms with Crippen LogP contribution in [0.5, 0.6) is 0 Å². The molecule has 0 aliphatic heterocycles. The summed E-state index contributed by atoms with van der Waals surface area (Å²) in [5, 5.41) is 11.7. The summed E-state index contributed by atoms with van der Waals surface area (Å²) in [6, 6.07) is 0. The Morgan fingerprint density at radius 3 is 2.62 bits per heavy atom. The Morgan fingerprint density at radius 2 is 2.25 bits per heavy atom. The molecule has 6 nitrogen and oxygen atoms in total. The highest BCUT2D eigenvalue weighted by molar-refractivity contribution is 6.07. The fourth-order valence-corrected chi connectivity index (χ4v) is 1.90. The highest BCUT2D eigenvalue weighted by Gasteiger charge is 2.49. The van der Waals surface area contributed by atoms with Crippen LogP contribution in [0.3, 0.4) is 0 Å². The zero-order chi connectivity index (χ0) is 12.2. The molecule has 1 amide bonds. The van der Waals surface area contributed by atoms with E-state index >= 15 is 0 Å². The van der Waals surface area contributed by atoms with E-state index < -0.39 is 5.41 Å². The quantitative estimate of drug-likeness (QED) is 0.301. The topological polar surface area (TPSA) is 88.2 Å². The maximum atomic E-state index is 12.2. The van der Waals surface area contributed by atoms with Crippen molar-refractivity contribution in [2.75, 3.05) is 27.3 Å². The van der Waals surface area contributed by atoms with Crippen molar-refractivity contribution < 1.29 is 14.7 Å². The number of carbonyl (C=O) groups is 1. The molecule has 0 aromatic heterocycles. The number of rotatable bonds is 5. The third-order valence-electron chi connectivity index (χ3n) is 3.19. The van der Waals surface area contributed by atoms with Gasteiger partial charge in [-0.1, -0.05) is 11.6 Å². The Kier molecular flexibility index (Phi) is 4.12. The van der Waals surface area contributed by atoms with Crippen LogP contribution >= 0.6 is 0 Å². The van der Waals surface area contributed by atoms with Crippen molar-refractivity contribution in [1.82, 2.24) is 4.90 Å². The lowest BCUT2D eigenvalue weighted by Crippen LogP contribution is -2.54. The van der Waals surface area contributed by atoms with E-state index in [9.17, 15) is 4.79 Å². The number of oxime groups is 1. The molecule has 0 aromatic rings. The van der Waals surface area contributed by atoms with Crippen LogP contribution in [0.15, 0.2) is 5.16 Å². The number of hydrogen-bond donors (Lipinski definition) is 2. The van der Waals surface area contributed by atoms with E-state index in [-0.39, 0.29) is 11.7 Å². The first kappa shape index (κ1) is 12.8. The molecule has 1 fully saturated rings. The van der Waals surface area contributed by atoms with Gasteiger partial charge in [0.05, 0.1) is 6.61 Å². The van der Waals surface area contributed by atoms with Gasteiger partial charge >= 0.3 is 0 Å². The Balaban J connectivity index is 2.70. The SMILES string of the molecule is COCCN(C)C(=O)C1(C(N)=NO)CCC1. The first-order valence-electron chi connectivity index (χ1n) is 5.31. The lowest BCUT2D eigenvalue weighted by molar-refractivity contribution is -0.141. The summed E-state index contributed by atoms with van der Waals surface area (Å²) in [5.41, 5.74) is 4.82. The predicted octanol–water partition coefficient (Wildman–Crippen LogP) is 0.00790. The summed E-state index contributed by atoms with van der Waals surface area (Å²) in [6.45, 7) is 0.990. The number of ether oxygens (including phenoxy) is 1. The average molecular weight is 229 g/mol. The zero-order valence-corrected chi connectivity index (χ0v) is 9.77. The lowest BCUT2D eigenvalue weighted by Gasteiger charge is -2.41. The summed E-state index contributed by atoms with van der Waals surface area (Å²) in [4.78, 5) is 13.7. The molecule has 16 heavy (non-hydrogen) atoms. The molecule has 0 aromatic carbocycles. The normalized spacial score (nSPS) is 19.0. The van der Waals surface area contributed by atoms with Gasteiger partial charge in [-0.2, -0.15) is 0 Å². The van der Waals surface area contributed by atoms with Crippen molar-refractivity contribution in [3.05, 3.63) is 0 Å². The van der Waals surface area contributed by atoms with E-state index in [4.69, 9.17) is 15.7 Å². The molecule has 0 atom stereocenters. The number of carbonyl (C=O) groups excluding carboxylic acids is 1. The zero-order valence-electron chi connectivity index (χ0n) is 9.77. The number of nitrogens with two attached hydrogens (primary N) is 1. The van der Waals surface area contributed by atoms with Crippen LogP contribution in [-0.2, 0) is 9.53 Å². The average Bonchev–Trinajstić information content (AvgIpc) is 2.23. The standard InChI is InChI=1S/C10H19N3O3/c1-13(6-7-16-2)9(14)10(4-3-5-10)8(11)12-15/h15H,3-7H2,1-2H3,(H2,11,12). The molecule has 0 spiro atoms. The smallest absolute Gasteiger partial charge is 0.236 e. The number of methoxy groups -OCH3 is 1. The number of likely N-dealkylation sites (N-methyl/N-ethyl adjacent to an activating group) is 1. The Hall–Kier alpha value is -1.30. The van der Waals surface area contributed by atoms with E-state index in [1.54, 1.807) is 19.1 Å². The lowest BCUT2D eigenvalue weighted by atomic mass is 9.67. The van der Waals surface area contributed by atoms with Crippen molar-refractivity contribution in [1.29, 1.82) is 0 Å². The molecule has 1 aliphatic rings. The summed E-state index contributed by atoms with van der Waals surface area (Å²) in [5.74, 6) is -0.0703. The van der Waals surface area contributed by atoms with Crippen molar-refractivity contribution in [2.24, 2.45) is 16.3 Å². The number of hydrogen-bond acceptors (Lipinski definition) is 4. The molecule has 0 bridgehead atoms. The Bertz CT molecular complexity index is 287. The monoisotopic (exact) mass is 229 g/mol. The van der Waals surface area contributed by atoms with Crippen molar-refractivity contribution in [3.63, 3.8) is 0 Å². The van der Waals surface area contributed by atoms with E-state index in [1.807, 2.05) is 0 Å². The second-order valence-corrected chi connectivity index (χ2v) is 4.14. The number of amides is 1. The largest absolute Gasteiger partial charge is 0.409 e. The van der Waals surface area contributed by atoms with Crippen LogP contribution < -0.4 is 5.73 Å². The second-order valence-electron chi connectivity index (χ2n) is 4.14. The number of nitrogens with zero attached hydrogens (tertiary/aromatic N) is 2. The van der Waals surface area contributed by atoms with Gasteiger partial charge in [-0.25, -0.2) is 0 Å². The van der Waals surface area contributed by atoms with Gasteiger partial charge < -0.3 is 20.6 Å². The van der Waals surface area contributed by atoms with Gasteiger partial charge in [-0.15, -0.1) is 0 Å². The van der Waals surface area contributed by atoms with E-state index in [0.717, 1.165) is 6.42 Å². The molecule has 0 saturated heterocycles. The van der Waals surface area contributed by atoms with Crippen LogP contribution in [0.4, 0.5) is 0 Å². The van der Waals surface area contributed by atoms with Gasteiger partial charge in [0, 0.05) is 20.7 Å². The van der Waals surface area contributed by atoms with Gasteiger partial charge in [0.2, 0.25) is 5.91 Å². The van der Waals surface area contributed by atoms with E-state index in [2.05, 4.69) is 5.16 Å². The Morgan fingerprint density at radius 1 is 1.62 bits per heavy atom. The molecule has 0 radical (unpaired) electrons. The minimum Gasteiger partial charge on any atom is -0.409 e. The van der Waals surface area contributed by atoms with Gasteiger partial charge in [0.1, 0.15) is 5.41 Å². The highest BCUT2D eigenvalue weighted by atomic mass is 16.5. The number of amidine groups is 1.